The molecular weight excluding hydrogens is 178 g/mol. The SMILES string of the molecule is CC1OC2(CC1O)CN1CCC2CC1. The van der Waals surface area contributed by atoms with Gasteiger partial charge in [-0.15, -0.1) is 0 Å². The number of piperidine rings is 3. The van der Waals surface area contributed by atoms with Gasteiger partial charge in [0.2, 0.25) is 0 Å². The lowest BCUT2D eigenvalue weighted by Crippen LogP contribution is -2.59. The van der Waals surface area contributed by atoms with Crippen molar-refractivity contribution in [3.8, 4) is 0 Å². The van der Waals surface area contributed by atoms with E-state index in [9.17, 15) is 5.11 Å². The van der Waals surface area contributed by atoms with Gasteiger partial charge in [0.15, 0.2) is 0 Å². The van der Waals surface area contributed by atoms with Gasteiger partial charge in [-0.05, 0) is 38.8 Å². The van der Waals surface area contributed by atoms with Crippen LogP contribution in [0, 0.1) is 5.92 Å². The second-order valence-electron chi connectivity index (χ2n) is 5.21. The van der Waals surface area contributed by atoms with Crippen LogP contribution in [0.5, 0.6) is 0 Å². The monoisotopic (exact) mass is 197 g/mol. The lowest BCUT2D eigenvalue weighted by atomic mass is 9.73. The third-order valence-electron chi connectivity index (χ3n) is 4.34. The van der Waals surface area contributed by atoms with Crippen molar-refractivity contribution in [1.29, 1.82) is 0 Å². The Hall–Kier alpha value is -0.120. The zero-order chi connectivity index (χ0) is 9.76. The average Bonchev–Trinajstić information content (AvgIpc) is 2.43. The van der Waals surface area contributed by atoms with Crippen molar-refractivity contribution in [3.05, 3.63) is 0 Å². The third kappa shape index (κ3) is 1.16. The van der Waals surface area contributed by atoms with Crippen molar-refractivity contribution in [2.24, 2.45) is 5.92 Å². The minimum absolute atomic E-state index is 0.00926. The van der Waals surface area contributed by atoms with Crippen molar-refractivity contribution in [3.63, 3.8) is 0 Å². The van der Waals surface area contributed by atoms with Gasteiger partial charge in [0.05, 0.1) is 17.8 Å². The molecule has 14 heavy (non-hydrogen) atoms. The number of fused-ring (bicyclic) bond motifs is 2. The Bertz CT molecular complexity index is 220. The number of nitrogens with zero attached hydrogens (tertiary/aromatic N) is 1. The summed E-state index contributed by atoms with van der Waals surface area (Å²) in [6.45, 7) is 5.52. The number of hydrogen-bond donors (Lipinski definition) is 1. The largest absolute Gasteiger partial charge is 0.390 e. The molecule has 0 aromatic heterocycles. The molecule has 80 valence electrons. The van der Waals surface area contributed by atoms with Gasteiger partial charge in [0, 0.05) is 13.0 Å². The van der Waals surface area contributed by atoms with Crippen LogP contribution in [0.15, 0.2) is 0 Å². The van der Waals surface area contributed by atoms with E-state index in [1.807, 2.05) is 6.92 Å². The molecule has 3 atom stereocenters. The molecule has 4 aliphatic heterocycles. The standard InChI is InChI=1S/C11H19NO2/c1-8-10(13)6-11(14-8)7-12-4-2-9(11)3-5-12/h8-10,13H,2-7H2,1H3. The summed E-state index contributed by atoms with van der Waals surface area (Å²) in [4.78, 5) is 2.49. The zero-order valence-electron chi connectivity index (χ0n) is 8.78. The van der Waals surface area contributed by atoms with E-state index in [2.05, 4.69) is 4.90 Å². The van der Waals surface area contributed by atoms with Gasteiger partial charge >= 0.3 is 0 Å². The molecule has 3 unspecified atom stereocenters. The van der Waals surface area contributed by atoms with Crippen molar-refractivity contribution in [2.75, 3.05) is 19.6 Å². The van der Waals surface area contributed by atoms with Gasteiger partial charge in [-0.3, -0.25) is 0 Å². The summed E-state index contributed by atoms with van der Waals surface area (Å²) >= 11 is 0. The van der Waals surface area contributed by atoms with E-state index in [0.717, 1.165) is 13.0 Å². The predicted molar refractivity (Wildman–Crippen MR) is 53.1 cm³/mol. The number of rotatable bonds is 0. The Morgan fingerprint density at radius 3 is 2.50 bits per heavy atom. The minimum Gasteiger partial charge on any atom is -0.390 e. The van der Waals surface area contributed by atoms with E-state index in [1.165, 1.54) is 25.9 Å². The maximum absolute atomic E-state index is 9.80. The maximum Gasteiger partial charge on any atom is 0.0868 e. The summed E-state index contributed by atoms with van der Waals surface area (Å²) in [5.74, 6) is 0.701. The van der Waals surface area contributed by atoms with Crippen molar-refractivity contribution in [1.82, 2.24) is 4.90 Å². The Morgan fingerprint density at radius 2 is 2.07 bits per heavy atom. The summed E-state index contributed by atoms with van der Waals surface area (Å²) in [5, 5.41) is 9.80. The highest BCUT2D eigenvalue weighted by Crippen LogP contribution is 2.45. The van der Waals surface area contributed by atoms with Crippen LogP contribution in [0.2, 0.25) is 0 Å². The number of aliphatic hydroxyl groups is 1. The molecule has 4 heterocycles. The van der Waals surface area contributed by atoms with Crippen LogP contribution >= 0.6 is 0 Å². The molecule has 0 aromatic carbocycles. The van der Waals surface area contributed by atoms with Gasteiger partial charge in [-0.1, -0.05) is 0 Å². The van der Waals surface area contributed by atoms with Crippen LogP contribution in [-0.2, 0) is 4.74 Å². The first kappa shape index (κ1) is 9.13. The normalized spacial score (nSPS) is 57.0. The molecule has 0 radical (unpaired) electrons. The van der Waals surface area contributed by atoms with Crippen molar-refractivity contribution >= 4 is 0 Å². The number of ether oxygens (including phenoxy) is 1. The second kappa shape index (κ2) is 2.94. The lowest BCUT2D eigenvalue weighted by Gasteiger charge is -2.51. The van der Waals surface area contributed by atoms with Crippen LogP contribution in [0.4, 0.5) is 0 Å². The fourth-order valence-electron chi connectivity index (χ4n) is 3.51. The Morgan fingerprint density at radius 1 is 1.36 bits per heavy atom. The molecule has 4 rings (SSSR count). The third-order valence-corrected chi connectivity index (χ3v) is 4.34. The first-order valence-electron chi connectivity index (χ1n) is 5.78. The fourth-order valence-corrected chi connectivity index (χ4v) is 3.51. The predicted octanol–water partition coefficient (Wildman–Crippen LogP) is 0.620. The number of aliphatic hydroxyl groups excluding tert-OH is 1. The van der Waals surface area contributed by atoms with Crippen molar-refractivity contribution in [2.45, 2.75) is 44.0 Å². The van der Waals surface area contributed by atoms with Gasteiger partial charge in [0.25, 0.3) is 0 Å². The Kier molecular flexibility index (Phi) is 1.92. The molecule has 3 nitrogen and oxygen atoms in total. The second-order valence-corrected chi connectivity index (χ2v) is 5.21. The first-order chi connectivity index (χ1) is 6.70. The van der Waals surface area contributed by atoms with E-state index in [4.69, 9.17) is 4.74 Å². The molecule has 0 aromatic rings. The molecule has 1 N–H and O–H groups in total. The molecule has 0 amide bonds. The Labute approximate surface area is 85.0 Å². The van der Waals surface area contributed by atoms with Gasteiger partial charge in [-0.25, -0.2) is 0 Å². The maximum atomic E-state index is 9.80. The van der Waals surface area contributed by atoms with Crippen molar-refractivity contribution < 1.29 is 9.84 Å². The topological polar surface area (TPSA) is 32.7 Å². The molecule has 1 spiro atoms. The van der Waals surface area contributed by atoms with E-state index in [1.54, 1.807) is 0 Å². The molecule has 4 saturated heterocycles. The highest BCUT2D eigenvalue weighted by molar-refractivity contribution is 5.05. The van der Waals surface area contributed by atoms with E-state index >= 15 is 0 Å². The van der Waals surface area contributed by atoms with Gasteiger partial charge in [0.1, 0.15) is 0 Å². The van der Waals surface area contributed by atoms with Crippen LogP contribution < -0.4 is 0 Å². The summed E-state index contributed by atoms with van der Waals surface area (Å²) in [7, 11) is 0. The highest BCUT2D eigenvalue weighted by Gasteiger charge is 2.53. The zero-order valence-corrected chi connectivity index (χ0v) is 8.78. The van der Waals surface area contributed by atoms with E-state index in [0.29, 0.717) is 5.92 Å². The van der Waals surface area contributed by atoms with Crippen LogP contribution in [0.25, 0.3) is 0 Å². The summed E-state index contributed by atoms with van der Waals surface area (Å²) in [5.41, 5.74) is 0.00926. The summed E-state index contributed by atoms with van der Waals surface area (Å²) < 4.78 is 6.04. The quantitative estimate of drug-likeness (QED) is 0.618. The first-order valence-corrected chi connectivity index (χ1v) is 5.78. The Balaban J connectivity index is 1.84. The summed E-state index contributed by atoms with van der Waals surface area (Å²) in [6.07, 6.45) is 3.18. The molecule has 4 fully saturated rings. The van der Waals surface area contributed by atoms with Crippen LogP contribution in [0.1, 0.15) is 26.2 Å². The van der Waals surface area contributed by atoms with Crippen LogP contribution in [0.3, 0.4) is 0 Å². The van der Waals surface area contributed by atoms with E-state index in [-0.39, 0.29) is 17.8 Å². The number of hydrogen-bond acceptors (Lipinski definition) is 3. The van der Waals surface area contributed by atoms with E-state index < -0.39 is 0 Å². The molecule has 3 heteroatoms. The smallest absolute Gasteiger partial charge is 0.0868 e. The van der Waals surface area contributed by atoms with Gasteiger partial charge in [-0.2, -0.15) is 0 Å². The molecular formula is C11H19NO2. The fraction of sp³-hybridized carbons (Fsp3) is 1.00. The molecule has 0 aliphatic carbocycles. The summed E-state index contributed by atoms with van der Waals surface area (Å²) in [6, 6.07) is 0. The molecule has 0 saturated carbocycles. The van der Waals surface area contributed by atoms with Gasteiger partial charge < -0.3 is 14.7 Å². The minimum atomic E-state index is -0.240. The lowest BCUT2D eigenvalue weighted by molar-refractivity contribution is -0.142. The average molecular weight is 197 g/mol. The molecule has 2 bridgehead atoms. The van der Waals surface area contributed by atoms with Crippen LogP contribution in [-0.4, -0.2) is 47.4 Å². The molecule has 4 aliphatic rings. The highest BCUT2D eigenvalue weighted by atomic mass is 16.5.